The summed E-state index contributed by atoms with van der Waals surface area (Å²) in [5, 5.41) is 2.24. The molecule has 0 aromatic carbocycles. The highest BCUT2D eigenvalue weighted by Crippen LogP contribution is 2.38. The monoisotopic (exact) mass is 300 g/mol. The van der Waals surface area contributed by atoms with Gasteiger partial charge in [-0.2, -0.15) is 0 Å². The zero-order valence-corrected chi connectivity index (χ0v) is 12.2. The molecule has 2 rings (SSSR count). The van der Waals surface area contributed by atoms with Crippen LogP contribution >= 0.6 is 38.6 Å². The van der Waals surface area contributed by atoms with Gasteiger partial charge in [-0.05, 0) is 49.4 Å². The Hall–Kier alpha value is -0.120. The lowest BCUT2D eigenvalue weighted by molar-refractivity contribution is 1.18. The maximum absolute atomic E-state index is 3.78. The number of alkyl halides is 1. The molecule has 0 radical (unpaired) electrons. The number of aryl methyl sites for hydroxylation is 3. The second-order valence-electron chi connectivity index (χ2n) is 3.72. The van der Waals surface area contributed by atoms with Crippen LogP contribution < -0.4 is 0 Å². The third-order valence-corrected chi connectivity index (χ3v) is 5.28. The Labute approximate surface area is 107 Å². The van der Waals surface area contributed by atoms with E-state index in [0.717, 1.165) is 0 Å². The van der Waals surface area contributed by atoms with Gasteiger partial charge in [-0.3, -0.25) is 0 Å². The van der Waals surface area contributed by atoms with E-state index in [1.54, 1.807) is 0 Å². The number of rotatable bonds is 2. The predicted octanol–water partition coefficient (Wildman–Crippen LogP) is 5.22. The molecule has 0 bridgehead atoms. The van der Waals surface area contributed by atoms with Gasteiger partial charge in [0, 0.05) is 14.6 Å². The van der Waals surface area contributed by atoms with Crippen LogP contribution in [0.5, 0.6) is 0 Å². The van der Waals surface area contributed by atoms with Crippen molar-refractivity contribution in [1.29, 1.82) is 0 Å². The lowest BCUT2D eigenvalue weighted by atomic mass is 10.1. The molecule has 0 fully saturated rings. The molecule has 0 amide bonds. The Bertz CT molecular complexity index is 468. The number of thiophene rings is 2. The van der Waals surface area contributed by atoms with E-state index in [1.807, 2.05) is 22.7 Å². The zero-order valence-electron chi connectivity index (χ0n) is 9.00. The van der Waals surface area contributed by atoms with Crippen molar-refractivity contribution in [3.8, 4) is 0 Å². The number of hydrogen-bond donors (Lipinski definition) is 0. The molecule has 0 nitrogen and oxygen atoms in total. The van der Waals surface area contributed by atoms with Crippen LogP contribution in [0, 0.1) is 20.8 Å². The van der Waals surface area contributed by atoms with Gasteiger partial charge in [-0.1, -0.05) is 15.9 Å². The first kappa shape index (κ1) is 11.4. The SMILES string of the molecule is Cc1cc(C(Br)c2cc(C)sc2C)cs1. The third-order valence-electron chi connectivity index (χ3n) is 2.40. The van der Waals surface area contributed by atoms with Gasteiger partial charge in [-0.15, -0.1) is 22.7 Å². The summed E-state index contributed by atoms with van der Waals surface area (Å²) in [6.07, 6.45) is 0. The molecule has 1 atom stereocenters. The molecule has 2 heterocycles. The lowest BCUT2D eigenvalue weighted by Crippen LogP contribution is -1.89. The van der Waals surface area contributed by atoms with Gasteiger partial charge < -0.3 is 0 Å². The van der Waals surface area contributed by atoms with E-state index in [9.17, 15) is 0 Å². The highest BCUT2D eigenvalue weighted by molar-refractivity contribution is 9.09. The smallest absolute Gasteiger partial charge is 0.0663 e. The van der Waals surface area contributed by atoms with E-state index in [4.69, 9.17) is 0 Å². The second-order valence-corrected chi connectivity index (χ2v) is 7.21. The number of halogens is 1. The summed E-state index contributed by atoms with van der Waals surface area (Å²) >= 11 is 7.47. The van der Waals surface area contributed by atoms with Gasteiger partial charge in [-0.25, -0.2) is 0 Å². The summed E-state index contributed by atoms with van der Waals surface area (Å²) in [5.41, 5.74) is 2.79. The predicted molar refractivity (Wildman–Crippen MR) is 73.6 cm³/mol. The summed E-state index contributed by atoms with van der Waals surface area (Å²) in [6, 6.07) is 4.54. The number of hydrogen-bond acceptors (Lipinski definition) is 2. The fraction of sp³-hybridized carbons (Fsp3) is 0.333. The lowest BCUT2D eigenvalue weighted by Gasteiger charge is -2.06. The largest absolute Gasteiger partial charge is 0.149 e. The van der Waals surface area contributed by atoms with Crippen LogP contribution in [0.1, 0.15) is 30.6 Å². The molecule has 0 aliphatic rings. The molecule has 0 N–H and O–H groups in total. The molecule has 0 aliphatic carbocycles. The highest BCUT2D eigenvalue weighted by Gasteiger charge is 2.15. The van der Waals surface area contributed by atoms with Crippen molar-refractivity contribution in [3.05, 3.63) is 43.3 Å². The van der Waals surface area contributed by atoms with Crippen LogP contribution in [0.2, 0.25) is 0 Å². The van der Waals surface area contributed by atoms with Crippen molar-refractivity contribution in [2.75, 3.05) is 0 Å². The van der Waals surface area contributed by atoms with Crippen LogP contribution in [0.25, 0.3) is 0 Å². The minimum absolute atomic E-state index is 0.354. The maximum atomic E-state index is 3.78. The molecule has 15 heavy (non-hydrogen) atoms. The maximum Gasteiger partial charge on any atom is 0.0663 e. The van der Waals surface area contributed by atoms with Crippen LogP contribution in [-0.4, -0.2) is 0 Å². The van der Waals surface area contributed by atoms with Crippen molar-refractivity contribution >= 4 is 38.6 Å². The fourth-order valence-electron chi connectivity index (χ4n) is 1.68. The topological polar surface area (TPSA) is 0 Å². The Morgan fingerprint density at radius 2 is 1.87 bits per heavy atom. The van der Waals surface area contributed by atoms with E-state index < -0.39 is 0 Å². The van der Waals surface area contributed by atoms with Crippen LogP contribution in [-0.2, 0) is 0 Å². The minimum atomic E-state index is 0.354. The minimum Gasteiger partial charge on any atom is -0.149 e. The van der Waals surface area contributed by atoms with Crippen LogP contribution in [0.15, 0.2) is 17.5 Å². The standard InChI is InChI=1S/C12H13BrS2/c1-7-4-10(6-14-7)12(13)11-5-8(2)15-9(11)3/h4-6,12H,1-3H3. The highest BCUT2D eigenvalue weighted by atomic mass is 79.9. The molecule has 0 saturated heterocycles. The van der Waals surface area contributed by atoms with Gasteiger partial charge in [0.15, 0.2) is 0 Å². The average Bonchev–Trinajstić information content (AvgIpc) is 2.71. The molecule has 0 spiro atoms. The molecule has 0 aliphatic heterocycles. The van der Waals surface area contributed by atoms with Crippen molar-refractivity contribution < 1.29 is 0 Å². The van der Waals surface area contributed by atoms with E-state index in [1.165, 1.54) is 25.8 Å². The first-order valence-corrected chi connectivity index (χ1v) is 7.45. The molecule has 0 saturated carbocycles. The van der Waals surface area contributed by atoms with Gasteiger partial charge in [0.25, 0.3) is 0 Å². The van der Waals surface area contributed by atoms with E-state index in [2.05, 4.69) is 54.2 Å². The Morgan fingerprint density at radius 1 is 1.13 bits per heavy atom. The molecule has 3 heteroatoms. The molecular weight excluding hydrogens is 288 g/mol. The Kier molecular flexibility index (Phi) is 3.33. The van der Waals surface area contributed by atoms with Gasteiger partial charge >= 0.3 is 0 Å². The van der Waals surface area contributed by atoms with Gasteiger partial charge in [0.05, 0.1) is 4.83 Å². The van der Waals surface area contributed by atoms with Gasteiger partial charge in [0.2, 0.25) is 0 Å². The van der Waals surface area contributed by atoms with Crippen molar-refractivity contribution in [3.63, 3.8) is 0 Å². The summed E-state index contributed by atoms with van der Waals surface area (Å²) < 4.78 is 0. The summed E-state index contributed by atoms with van der Waals surface area (Å²) in [5.74, 6) is 0. The van der Waals surface area contributed by atoms with Crippen LogP contribution in [0.4, 0.5) is 0 Å². The van der Waals surface area contributed by atoms with Crippen molar-refractivity contribution in [2.24, 2.45) is 0 Å². The van der Waals surface area contributed by atoms with Crippen LogP contribution in [0.3, 0.4) is 0 Å². The first-order valence-electron chi connectivity index (χ1n) is 4.84. The average molecular weight is 301 g/mol. The van der Waals surface area contributed by atoms with Crippen molar-refractivity contribution in [1.82, 2.24) is 0 Å². The third kappa shape index (κ3) is 2.35. The summed E-state index contributed by atoms with van der Waals surface area (Å²) in [4.78, 5) is 4.53. The first-order chi connectivity index (χ1) is 7.08. The fourth-order valence-corrected chi connectivity index (χ4v) is 4.44. The molecule has 80 valence electrons. The quantitative estimate of drug-likeness (QED) is 0.667. The van der Waals surface area contributed by atoms with Crippen molar-refractivity contribution in [2.45, 2.75) is 25.6 Å². The van der Waals surface area contributed by atoms with E-state index in [0.29, 0.717) is 4.83 Å². The zero-order chi connectivity index (χ0) is 11.0. The molecular formula is C12H13BrS2. The Morgan fingerprint density at radius 3 is 2.33 bits per heavy atom. The Balaban J connectivity index is 2.35. The molecule has 1 unspecified atom stereocenters. The summed E-state index contributed by atoms with van der Waals surface area (Å²) in [6.45, 7) is 6.51. The van der Waals surface area contributed by atoms with E-state index >= 15 is 0 Å². The normalized spacial score (nSPS) is 13.1. The van der Waals surface area contributed by atoms with E-state index in [-0.39, 0.29) is 0 Å². The second kappa shape index (κ2) is 4.40. The summed E-state index contributed by atoms with van der Waals surface area (Å²) in [7, 11) is 0. The van der Waals surface area contributed by atoms with Gasteiger partial charge in [0.1, 0.15) is 0 Å². The molecule has 2 aromatic heterocycles. The molecule has 2 aromatic rings.